The number of benzene rings is 1. The molecule has 0 radical (unpaired) electrons. The molecule has 112 valence electrons. The van der Waals surface area contributed by atoms with Gasteiger partial charge >= 0.3 is 0 Å². The van der Waals surface area contributed by atoms with Gasteiger partial charge in [0, 0.05) is 36.7 Å². The minimum atomic E-state index is 0.245. The number of hydrogen-bond acceptors (Lipinski definition) is 4. The zero-order valence-corrected chi connectivity index (χ0v) is 12.3. The van der Waals surface area contributed by atoms with Gasteiger partial charge in [-0.2, -0.15) is 0 Å². The van der Waals surface area contributed by atoms with Gasteiger partial charge in [-0.25, -0.2) is 4.98 Å². The van der Waals surface area contributed by atoms with Crippen LogP contribution >= 0.6 is 0 Å². The average Bonchev–Trinajstić information content (AvgIpc) is 2.43. The summed E-state index contributed by atoms with van der Waals surface area (Å²) in [6, 6.07) is 10.9. The molecule has 0 atom stereocenters. The van der Waals surface area contributed by atoms with Crippen LogP contribution in [0, 0.1) is 0 Å². The maximum absolute atomic E-state index is 9.09. The monoisotopic (exact) mass is 285 g/mol. The van der Waals surface area contributed by atoms with Gasteiger partial charge in [0.2, 0.25) is 0 Å². The minimum Gasteiger partial charge on any atom is -0.396 e. The van der Waals surface area contributed by atoms with E-state index in [-0.39, 0.29) is 6.61 Å². The Bertz CT molecular complexity index is 610. The van der Waals surface area contributed by atoms with Gasteiger partial charge in [0.15, 0.2) is 0 Å². The fraction of sp³-hybridized carbons (Fsp3) is 0.471. The number of hydrogen-bond donors (Lipinski definition) is 2. The van der Waals surface area contributed by atoms with Gasteiger partial charge < -0.3 is 10.8 Å². The van der Waals surface area contributed by atoms with Crippen LogP contribution in [0.2, 0.25) is 0 Å². The van der Waals surface area contributed by atoms with Crippen LogP contribution < -0.4 is 5.73 Å². The number of rotatable bonds is 6. The molecule has 2 aromatic rings. The predicted octanol–water partition coefficient (Wildman–Crippen LogP) is 2.55. The molecule has 1 aliphatic carbocycles. The second-order valence-corrected chi connectivity index (χ2v) is 5.86. The van der Waals surface area contributed by atoms with Crippen molar-refractivity contribution in [1.82, 2.24) is 9.88 Å². The van der Waals surface area contributed by atoms with E-state index in [1.54, 1.807) is 0 Å². The Hall–Kier alpha value is -1.65. The largest absolute Gasteiger partial charge is 0.396 e. The molecule has 1 aromatic heterocycles. The van der Waals surface area contributed by atoms with E-state index in [2.05, 4.69) is 22.0 Å². The number of para-hydroxylation sites is 1. The number of aliphatic hydroxyl groups is 1. The summed E-state index contributed by atoms with van der Waals surface area (Å²) in [5, 5.41) is 10.2. The van der Waals surface area contributed by atoms with Crippen LogP contribution in [0.1, 0.15) is 31.2 Å². The first-order valence-corrected chi connectivity index (χ1v) is 7.77. The van der Waals surface area contributed by atoms with Crippen molar-refractivity contribution >= 4 is 16.7 Å². The highest BCUT2D eigenvalue weighted by Gasteiger charge is 2.25. The van der Waals surface area contributed by atoms with Gasteiger partial charge in [-0.15, -0.1) is 0 Å². The zero-order valence-electron chi connectivity index (χ0n) is 12.3. The molecule has 1 aromatic carbocycles. The van der Waals surface area contributed by atoms with Gasteiger partial charge in [0.05, 0.1) is 5.52 Å². The van der Waals surface area contributed by atoms with Crippen LogP contribution in [0.4, 0.5) is 5.82 Å². The molecule has 0 spiro atoms. The highest BCUT2D eigenvalue weighted by Crippen LogP contribution is 2.28. The van der Waals surface area contributed by atoms with Crippen molar-refractivity contribution in [1.29, 1.82) is 0 Å². The van der Waals surface area contributed by atoms with Gasteiger partial charge in [0.25, 0.3) is 0 Å². The Morgan fingerprint density at radius 3 is 2.81 bits per heavy atom. The normalized spacial score (nSPS) is 15.5. The van der Waals surface area contributed by atoms with E-state index in [9.17, 15) is 0 Å². The summed E-state index contributed by atoms with van der Waals surface area (Å²) in [5.41, 5.74) is 8.18. The molecule has 0 saturated heterocycles. The van der Waals surface area contributed by atoms with Crippen molar-refractivity contribution in [2.24, 2.45) is 0 Å². The molecule has 1 saturated carbocycles. The van der Waals surface area contributed by atoms with E-state index in [4.69, 9.17) is 10.8 Å². The summed E-state index contributed by atoms with van der Waals surface area (Å²) in [6.45, 7) is 2.00. The van der Waals surface area contributed by atoms with Gasteiger partial charge in [-0.1, -0.05) is 24.6 Å². The van der Waals surface area contributed by atoms with Crippen molar-refractivity contribution in [3.8, 4) is 0 Å². The van der Waals surface area contributed by atoms with Crippen molar-refractivity contribution in [2.75, 3.05) is 18.9 Å². The molecule has 3 rings (SSSR count). The molecule has 1 aliphatic rings. The molecular formula is C17H23N3O. The summed E-state index contributed by atoms with van der Waals surface area (Å²) in [7, 11) is 0. The SMILES string of the molecule is Nc1nc2ccccc2cc1CN(CCCO)C1CCC1. The summed E-state index contributed by atoms with van der Waals surface area (Å²) >= 11 is 0. The van der Waals surface area contributed by atoms with Crippen molar-refractivity contribution in [3.63, 3.8) is 0 Å². The molecule has 0 amide bonds. The molecule has 0 bridgehead atoms. The maximum Gasteiger partial charge on any atom is 0.128 e. The topological polar surface area (TPSA) is 62.4 Å². The van der Waals surface area contributed by atoms with E-state index in [1.807, 2.05) is 18.2 Å². The predicted molar refractivity (Wildman–Crippen MR) is 85.9 cm³/mol. The molecule has 0 unspecified atom stereocenters. The molecule has 0 aliphatic heterocycles. The Morgan fingerprint density at radius 1 is 1.29 bits per heavy atom. The van der Waals surface area contributed by atoms with Crippen LogP contribution in [0.3, 0.4) is 0 Å². The lowest BCUT2D eigenvalue weighted by molar-refractivity contribution is 0.109. The summed E-state index contributed by atoms with van der Waals surface area (Å²) in [4.78, 5) is 6.96. The highest BCUT2D eigenvalue weighted by atomic mass is 16.3. The molecule has 4 heteroatoms. The van der Waals surface area contributed by atoms with E-state index in [0.717, 1.165) is 36.0 Å². The van der Waals surface area contributed by atoms with E-state index >= 15 is 0 Å². The number of anilines is 1. The van der Waals surface area contributed by atoms with Gasteiger partial charge in [-0.3, -0.25) is 4.90 Å². The molecule has 21 heavy (non-hydrogen) atoms. The average molecular weight is 285 g/mol. The standard InChI is InChI=1S/C17H23N3O/c18-17-14(11-13-5-1-2-8-16(13)19-17)12-20(9-4-10-21)15-6-3-7-15/h1-2,5,8,11,15,21H,3-4,6-7,9-10,12H2,(H2,18,19). The second kappa shape index (κ2) is 6.41. The van der Waals surface area contributed by atoms with Crippen molar-refractivity contribution < 1.29 is 5.11 Å². The maximum atomic E-state index is 9.09. The van der Waals surface area contributed by atoms with Crippen LogP contribution in [-0.2, 0) is 6.54 Å². The van der Waals surface area contributed by atoms with Crippen LogP contribution in [-0.4, -0.2) is 34.2 Å². The third-order valence-electron chi connectivity index (χ3n) is 4.40. The summed E-state index contributed by atoms with van der Waals surface area (Å²) in [5.74, 6) is 0.627. The lowest BCUT2D eigenvalue weighted by Crippen LogP contribution is -2.40. The van der Waals surface area contributed by atoms with Crippen LogP contribution in [0.5, 0.6) is 0 Å². The molecular weight excluding hydrogens is 262 g/mol. The Morgan fingerprint density at radius 2 is 2.10 bits per heavy atom. The number of aliphatic hydroxyl groups excluding tert-OH is 1. The number of aromatic nitrogens is 1. The van der Waals surface area contributed by atoms with Crippen molar-refractivity contribution in [3.05, 3.63) is 35.9 Å². The number of pyridine rings is 1. The van der Waals surface area contributed by atoms with E-state index in [0.29, 0.717) is 11.9 Å². The summed E-state index contributed by atoms with van der Waals surface area (Å²) in [6.07, 6.45) is 4.64. The van der Waals surface area contributed by atoms with Gasteiger partial charge in [0.1, 0.15) is 5.82 Å². The number of fused-ring (bicyclic) bond motifs is 1. The Labute approximate surface area is 125 Å². The Kier molecular flexibility index (Phi) is 4.36. The van der Waals surface area contributed by atoms with E-state index in [1.165, 1.54) is 19.3 Å². The lowest BCUT2D eigenvalue weighted by Gasteiger charge is -2.37. The Balaban J connectivity index is 1.82. The first-order valence-electron chi connectivity index (χ1n) is 7.77. The first-order chi connectivity index (χ1) is 10.3. The smallest absolute Gasteiger partial charge is 0.128 e. The fourth-order valence-electron chi connectivity index (χ4n) is 2.94. The van der Waals surface area contributed by atoms with E-state index < -0.39 is 0 Å². The van der Waals surface area contributed by atoms with Crippen molar-refractivity contribution in [2.45, 2.75) is 38.3 Å². The summed E-state index contributed by atoms with van der Waals surface area (Å²) < 4.78 is 0. The quantitative estimate of drug-likeness (QED) is 0.856. The number of nitrogen functional groups attached to an aromatic ring is 1. The number of nitrogens with two attached hydrogens (primary N) is 1. The third-order valence-corrected chi connectivity index (χ3v) is 4.40. The van der Waals surface area contributed by atoms with Gasteiger partial charge in [-0.05, 0) is 31.4 Å². The fourth-order valence-corrected chi connectivity index (χ4v) is 2.94. The molecule has 4 nitrogen and oxygen atoms in total. The number of nitrogens with zero attached hydrogens (tertiary/aromatic N) is 2. The first kappa shape index (κ1) is 14.3. The second-order valence-electron chi connectivity index (χ2n) is 5.86. The van der Waals surface area contributed by atoms with Crippen LogP contribution in [0.15, 0.2) is 30.3 Å². The zero-order chi connectivity index (χ0) is 14.7. The third kappa shape index (κ3) is 3.17. The van der Waals surface area contributed by atoms with Crippen LogP contribution in [0.25, 0.3) is 10.9 Å². The minimum absolute atomic E-state index is 0.245. The molecule has 1 fully saturated rings. The molecule has 1 heterocycles. The molecule has 3 N–H and O–H groups in total. The highest BCUT2D eigenvalue weighted by molar-refractivity contribution is 5.81. The lowest BCUT2D eigenvalue weighted by atomic mass is 9.91.